The summed E-state index contributed by atoms with van der Waals surface area (Å²) in [7, 11) is 0. The van der Waals surface area contributed by atoms with Gasteiger partial charge < -0.3 is 4.52 Å². The summed E-state index contributed by atoms with van der Waals surface area (Å²) in [6, 6.07) is 0. The lowest BCUT2D eigenvalue weighted by molar-refractivity contribution is 0.417. The van der Waals surface area contributed by atoms with E-state index in [0.29, 0.717) is 0 Å². The van der Waals surface area contributed by atoms with Gasteiger partial charge in [-0.05, 0) is 5.16 Å². The molecular weight excluding hydrogens is 96.0 g/mol. The van der Waals surface area contributed by atoms with Crippen molar-refractivity contribution in [3.63, 3.8) is 0 Å². The summed E-state index contributed by atoms with van der Waals surface area (Å²) in [6.45, 7) is 0. The quantitative estimate of drug-likeness (QED) is 0.526. The molecule has 0 aliphatic carbocycles. The molecule has 0 unspecified atom stereocenters. The first-order valence-electron chi connectivity index (χ1n) is 1.57. The minimum absolute atomic E-state index is 0.0556. The first kappa shape index (κ1) is 3.91. The molecule has 0 spiro atoms. The predicted molar refractivity (Wildman–Crippen MR) is 19.1 cm³/mol. The van der Waals surface area contributed by atoms with Crippen LogP contribution >= 0.6 is 0 Å². The van der Waals surface area contributed by atoms with Crippen LogP contribution in [0.15, 0.2) is 16.0 Å². The molecule has 1 N–H and O–H groups in total. The fourth-order valence-corrected chi connectivity index (χ4v) is 0.214. The van der Waals surface area contributed by atoms with Gasteiger partial charge in [-0.3, -0.25) is 0 Å². The molecule has 5 heteroatoms. The summed E-state index contributed by atoms with van der Waals surface area (Å²) in [6.07, 6.45) is 1.12. The zero-order valence-electron chi connectivity index (χ0n) is 3.33. The molecule has 1 aromatic rings. The summed E-state index contributed by atoms with van der Waals surface area (Å²) in [4.78, 5) is 3.40. The van der Waals surface area contributed by atoms with Crippen molar-refractivity contribution in [2.75, 3.05) is 0 Å². The van der Waals surface area contributed by atoms with Crippen LogP contribution in [0, 0.1) is 5.53 Å². The van der Waals surface area contributed by atoms with Crippen LogP contribution in [0.25, 0.3) is 0 Å². The molecule has 0 aromatic carbocycles. The molecule has 1 heterocycles. The smallest absolute Gasteiger partial charge is 0.307 e. The number of aromatic nitrogens is 2. The third-order valence-electron chi connectivity index (χ3n) is 0.450. The van der Waals surface area contributed by atoms with Crippen LogP contribution in [0.2, 0.25) is 0 Å². The lowest BCUT2D eigenvalue weighted by atomic mass is 11.1. The van der Waals surface area contributed by atoms with Crippen LogP contribution in [0.1, 0.15) is 0 Å². The van der Waals surface area contributed by atoms with Crippen LogP contribution in [-0.4, -0.2) is 10.1 Å². The van der Waals surface area contributed by atoms with Gasteiger partial charge in [-0.25, -0.2) is 5.53 Å². The average molecular weight is 98.1 g/mol. The van der Waals surface area contributed by atoms with Crippen LogP contribution in [0.5, 0.6) is 0 Å². The van der Waals surface area contributed by atoms with Gasteiger partial charge in [0.05, 0.1) is 0 Å². The average Bonchev–Trinajstić information content (AvgIpc) is 2.14. The number of hydrogen-bond acceptors (Lipinski definition) is 5. The summed E-state index contributed by atoms with van der Waals surface area (Å²) < 4.78 is 4.23. The summed E-state index contributed by atoms with van der Waals surface area (Å²) in [5, 5.41) is 6.06. The molecule has 1 rings (SSSR count). The van der Waals surface area contributed by atoms with Crippen molar-refractivity contribution >= 4 is 5.95 Å². The van der Waals surface area contributed by atoms with Crippen molar-refractivity contribution in [2.24, 2.45) is 5.11 Å². The zero-order valence-corrected chi connectivity index (χ0v) is 3.33. The number of rotatable bonds is 1. The van der Waals surface area contributed by atoms with Crippen molar-refractivity contribution in [1.29, 1.82) is 5.53 Å². The monoisotopic (exact) mass is 98.0 g/mol. The minimum atomic E-state index is 0.0556. The van der Waals surface area contributed by atoms with E-state index in [-0.39, 0.29) is 5.95 Å². The van der Waals surface area contributed by atoms with Gasteiger partial charge in [-0.1, -0.05) is 0 Å². The highest BCUT2D eigenvalue weighted by atomic mass is 16.5. The van der Waals surface area contributed by atoms with E-state index in [4.69, 9.17) is 5.53 Å². The summed E-state index contributed by atoms with van der Waals surface area (Å²) in [5.41, 5.74) is 6.30. The van der Waals surface area contributed by atoms with Gasteiger partial charge in [0.2, 0.25) is 6.39 Å². The van der Waals surface area contributed by atoms with Gasteiger partial charge in [0, 0.05) is 0 Å². The lowest BCUT2D eigenvalue weighted by Crippen LogP contribution is -1.57. The molecule has 0 atom stereocenters. The third-order valence-corrected chi connectivity index (χ3v) is 0.450. The predicted octanol–water partition coefficient (Wildman–Crippen LogP) is 0.732. The van der Waals surface area contributed by atoms with Crippen LogP contribution in [0.3, 0.4) is 0 Å². The number of nitrogens with one attached hydrogen (secondary N) is 1. The van der Waals surface area contributed by atoms with E-state index < -0.39 is 0 Å². The Morgan fingerprint density at radius 1 is 1.86 bits per heavy atom. The van der Waals surface area contributed by atoms with E-state index in [9.17, 15) is 0 Å². The maximum Gasteiger partial charge on any atom is 0.307 e. The lowest BCUT2D eigenvalue weighted by Gasteiger charge is -1.63. The Morgan fingerprint density at radius 3 is 3.00 bits per heavy atom. The second-order valence-electron chi connectivity index (χ2n) is 0.843. The molecule has 0 fully saturated rings. The molecule has 0 aliphatic rings. The maximum atomic E-state index is 6.30. The number of hydrogen-bond donors (Lipinski definition) is 1. The first-order chi connectivity index (χ1) is 3.43. The van der Waals surface area contributed by atoms with Gasteiger partial charge in [-0.2, -0.15) is 4.98 Å². The number of nitrogens with zero attached hydrogens (tertiary/aromatic N) is 3. The normalized spacial score (nSPS) is 8.57. The highest BCUT2D eigenvalue weighted by molar-refractivity contribution is 5.03. The van der Waals surface area contributed by atoms with Crippen molar-refractivity contribution < 1.29 is 4.52 Å². The van der Waals surface area contributed by atoms with Crippen LogP contribution in [-0.2, 0) is 0 Å². The molecule has 7 heavy (non-hydrogen) atoms. The fraction of sp³-hybridized carbons (Fsp3) is 0. The van der Waals surface area contributed by atoms with Gasteiger partial charge >= 0.3 is 5.95 Å². The van der Waals surface area contributed by atoms with E-state index in [0.717, 1.165) is 6.39 Å². The Morgan fingerprint density at radius 2 is 2.71 bits per heavy atom. The summed E-state index contributed by atoms with van der Waals surface area (Å²) >= 11 is 0. The molecule has 5 nitrogen and oxygen atoms in total. The largest absolute Gasteiger partial charge is 0.341 e. The van der Waals surface area contributed by atoms with E-state index in [1.54, 1.807) is 0 Å². The van der Waals surface area contributed by atoms with E-state index in [2.05, 4.69) is 19.8 Å². The fourth-order valence-electron chi connectivity index (χ4n) is 0.214. The Labute approximate surface area is 38.9 Å². The highest BCUT2D eigenvalue weighted by Gasteiger charge is 1.87. The van der Waals surface area contributed by atoms with Gasteiger partial charge in [0.1, 0.15) is 0 Å². The molecule has 0 amide bonds. The van der Waals surface area contributed by atoms with Crippen molar-refractivity contribution in [1.82, 2.24) is 10.1 Å². The minimum Gasteiger partial charge on any atom is -0.341 e. The van der Waals surface area contributed by atoms with Crippen molar-refractivity contribution in [3.8, 4) is 0 Å². The second-order valence-corrected chi connectivity index (χ2v) is 0.843. The molecule has 0 saturated heterocycles. The zero-order chi connectivity index (χ0) is 5.11. The van der Waals surface area contributed by atoms with E-state index >= 15 is 0 Å². The Bertz CT molecular complexity index is 145. The van der Waals surface area contributed by atoms with Crippen molar-refractivity contribution in [3.05, 3.63) is 6.39 Å². The van der Waals surface area contributed by atoms with Gasteiger partial charge in [0.25, 0.3) is 0 Å². The first-order valence-corrected chi connectivity index (χ1v) is 1.57. The molecule has 0 saturated carbocycles. The van der Waals surface area contributed by atoms with E-state index in [1.165, 1.54) is 0 Å². The van der Waals surface area contributed by atoms with Crippen LogP contribution < -0.4 is 0 Å². The highest BCUT2D eigenvalue weighted by Crippen LogP contribution is 1.96. The standard InChI is InChI=1S/C2H2N4O/c3-5-2-4-1-7-6-2/h1,3H. The third kappa shape index (κ3) is 0.594. The van der Waals surface area contributed by atoms with Crippen molar-refractivity contribution in [2.45, 2.75) is 0 Å². The Hall–Kier alpha value is -1.26. The molecular formula is C2H2N4O. The maximum absolute atomic E-state index is 6.30. The molecule has 0 radical (unpaired) electrons. The molecule has 0 aliphatic heterocycles. The van der Waals surface area contributed by atoms with Gasteiger partial charge in [0.15, 0.2) is 0 Å². The Kier molecular flexibility index (Phi) is 0.816. The van der Waals surface area contributed by atoms with Gasteiger partial charge in [-0.15, -0.1) is 5.11 Å². The molecule has 36 valence electrons. The Balaban J connectivity index is 2.96. The van der Waals surface area contributed by atoms with Crippen LogP contribution in [0.4, 0.5) is 5.95 Å². The topological polar surface area (TPSA) is 75.1 Å². The SMILES string of the molecule is N=Nc1ncon1. The molecule has 1 aromatic heterocycles. The van der Waals surface area contributed by atoms with E-state index in [1.807, 2.05) is 0 Å². The molecule has 0 bridgehead atoms. The second kappa shape index (κ2) is 1.46. The summed E-state index contributed by atoms with van der Waals surface area (Å²) in [5.74, 6) is 0.0556.